The zero-order valence-electron chi connectivity index (χ0n) is 15.8. The van der Waals surface area contributed by atoms with Gasteiger partial charge in [-0.15, -0.1) is 0 Å². The van der Waals surface area contributed by atoms with Crippen LogP contribution >= 0.6 is 0 Å². The zero-order valence-corrected chi connectivity index (χ0v) is 16.6. The number of carbonyl (C=O) groups is 2. The van der Waals surface area contributed by atoms with Gasteiger partial charge >= 0.3 is 5.97 Å². The van der Waals surface area contributed by atoms with Crippen molar-refractivity contribution < 1.29 is 27.5 Å². The Morgan fingerprint density at radius 3 is 2.43 bits per heavy atom. The molecule has 0 bridgehead atoms. The van der Waals surface area contributed by atoms with E-state index in [4.69, 9.17) is 9.47 Å². The lowest BCUT2D eigenvalue weighted by molar-refractivity contribution is -0.162. The van der Waals surface area contributed by atoms with Crippen molar-refractivity contribution in [2.45, 2.75) is 30.7 Å². The highest BCUT2D eigenvalue weighted by Gasteiger charge is 2.58. The molecule has 148 valence electrons. The SMILES string of the molecule is CCOC(=O)[C@H]1[C@H](c2cccc(OC)c2)C(=O)N1S(=O)(=O)c1ccc(C)cc1. The minimum atomic E-state index is -4.19. The van der Waals surface area contributed by atoms with Gasteiger partial charge in [-0.1, -0.05) is 29.8 Å². The number of benzene rings is 2. The van der Waals surface area contributed by atoms with Gasteiger partial charge in [0.25, 0.3) is 10.0 Å². The Balaban J connectivity index is 2.02. The smallest absolute Gasteiger partial charge is 0.331 e. The van der Waals surface area contributed by atoms with E-state index in [2.05, 4.69) is 0 Å². The van der Waals surface area contributed by atoms with E-state index in [1.165, 1.54) is 19.2 Å². The van der Waals surface area contributed by atoms with Crippen molar-refractivity contribution in [1.82, 2.24) is 4.31 Å². The van der Waals surface area contributed by atoms with Gasteiger partial charge in [0.15, 0.2) is 6.04 Å². The van der Waals surface area contributed by atoms with Crippen molar-refractivity contribution in [1.29, 1.82) is 0 Å². The quantitative estimate of drug-likeness (QED) is 0.543. The van der Waals surface area contributed by atoms with Gasteiger partial charge in [0.1, 0.15) is 5.75 Å². The van der Waals surface area contributed by atoms with Crippen LogP contribution in [0.1, 0.15) is 24.0 Å². The predicted octanol–water partition coefficient (Wildman–Crippen LogP) is 2.25. The van der Waals surface area contributed by atoms with Crippen molar-refractivity contribution in [3.05, 3.63) is 59.7 Å². The summed E-state index contributed by atoms with van der Waals surface area (Å²) in [5.41, 5.74) is 1.38. The third-order valence-corrected chi connectivity index (χ3v) is 6.40. The molecule has 2 atom stereocenters. The molecule has 0 unspecified atom stereocenters. The molecule has 2 aromatic carbocycles. The molecule has 0 saturated carbocycles. The van der Waals surface area contributed by atoms with Crippen LogP contribution < -0.4 is 4.74 Å². The van der Waals surface area contributed by atoms with Crippen LogP contribution in [0, 0.1) is 6.92 Å². The Bertz CT molecular complexity index is 1000. The largest absolute Gasteiger partial charge is 0.497 e. The minimum absolute atomic E-state index is 0.0511. The predicted molar refractivity (Wildman–Crippen MR) is 101 cm³/mol. The van der Waals surface area contributed by atoms with Crippen LogP contribution in [0.25, 0.3) is 0 Å². The molecule has 0 radical (unpaired) electrons. The number of esters is 1. The number of hydrogen-bond donors (Lipinski definition) is 0. The number of nitrogens with zero attached hydrogens (tertiary/aromatic N) is 1. The van der Waals surface area contributed by atoms with E-state index in [1.54, 1.807) is 43.3 Å². The van der Waals surface area contributed by atoms with Crippen LogP contribution in [0.3, 0.4) is 0 Å². The molecule has 1 fully saturated rings. The van der Waals surface area contributed by atoms with Crippen molar-refractivity contribution >= 4 is 21.9 Å². The third-order valence-electron chi connectivity index (χ3n) is 4.61. The Kier molecular flexibility index (Phi) is 5.42. The fraction of sp³-hybridized carbons (Fsp3) is 0.300. The van der Waals surface area contributed by atoms with Crippen molar-refractivity contribution in [3.63, 3.8) is 0 Å². The number of sulfonamides is 1. The topological polar surface area (TPSA) is 90.0 Å². The van der Waals surface area contributed by atoms with E-state index in [-0.39, 0.29) is 11.5 Å². The normalized spacial score (nSPS) is 19.1. The number of carbonyl (C=O) groups excluding carboxylic acids is 2. The van der Waals surface area contributed by atoms with E-state index < -0.39 is 33.9 Å². The van der Waals surface area contributed by atoms with Crippen molar-refractivity contribution in [3.8, 4) is 5.75 Å². The molecule has 1 heterocycles. The molecule has 0 spiro atoms. The summed E-state index contributed by atoms with van der Waals surface area (Å²) in [4.78, 5) is 25.4. The number of amides is 1. The number of methoxy groups -OCH3 is 1. The summed E-state index contributed by atoms with van der Waals surface area (Å²) in [6.07, 6.45) is 0. The highest BCUT2D eigenvalue weighted by Crippen LogP contribution is 2.41. The summed E-state index contributed by atoms with van der Waals surface area (Å²) in [6.45, 7) is 3.52. The van der Waals surface area contributed by atoms with Crippen LogP contribution in [-0.2, 0) is 24.3 Å². The Hall–Kier alpha value is -2.87. The zero-order chi connectivity index (χ0) is 20.5. The van der Waals surface area contributed by atoms with Gasteiger partial charge in [0.2, 0.25) is 5.91 Å². The molecule has 1 saturated heterocycles. The maximum absolute atomic E-state index is 13.0. The molecule has 1 aliphatic heterocycles. The highest BCUT2D eigenvalue weighted by molar-refractivity contribution is 7.89. The monoisotopic (exact) mass is 403 g/mol. The standard InChI is InChI=1S/C20H21NO6S/c1-4-27-20(23)18-17(14-6-5-7-15(12-14)26-3)19(22)21(18)28(24,25)16-10-8-13(2)9-11-16/h5-12,17-18H,4H2,1-3H3/t17-,18+/m0/s1. The van der Waals surface area contributed by atoms with Crippen LogP contribution in [0.4, 0.5) is 0 Å². The number of aryl methyl sites for hydroxylation is 1. The average molecular weight is 403 g/mol. The van der Waals surface area contributed by atoms with E-state index in [0.29, 0.717) is 15.6 Å². The summed E-state index contributed by atoms with van der Waals surface area (Å²) in [7, 11) is -2.70. The summed E-state index contributed by atoms with van der Waals surface area (Å²) in [5, 5.41) is 0. The molecule has 8 heteroatoms. The number of ether oxygens (including phenoxy) is 2. The van der Waals surface area contributed by atoms with Gasteiger partial charge in [-0.25, -0.2) is 17.5 Å². The van der Waals surface area contributed by atoms with E-state index in [9.17, 15) is 18.0 Å². The van der Waals surface area contributed by atoms with Crippen LogP contribution in [0.5, 0.6) is 5.75 Å². The first-order chi connectivity index (χ1) is 13.3. The summed E-state index contributed by atoms with van der Waals surface area (Å²) in [6, 6.07) is 11.5. The summed E-state index contributed by atoms with van der Waals surface area (Å²) < 4.78 is 36.9. The fourth-order valence-electron chi connectivity index (χ4n) is 3.17. The van der Waals surface area contributed by atoms with E-state index >= 15 is 0 Å². The van der Waals surface area contributed by atoms with E-state index in [1.807, 2.05) is 6.92 Å². The molecule has 0 aromatic heterocycles. The van der Waals surface area contributed by atoms with Gasteiger partial charge in [-0.2, -0.15) is 0 Å². The second-order valence-electron chi connectivity index (χ2n) is 6.40. The molecule has 28 heavy (non-hydrogen) atoms. The second kappa shape index (κ2) is 7.63. The Labute approximate surface area is 163 Å². The van der Waals surface area contributed by atoms with E-state index in [0.717, 1.165) is 5.56 Å². The first kappa shape index (κ1) is 19.9. The molecule has 0 aliphatic carbocycles. The minimum Gasteiger partial charge on any atom is -0.497 e. The highest BCUT2D eigenvalue weighted by atomic mass is 32.2. The second-order valence-corrected chi connectivity index (χ2v) is 8.22. The number of rotatable bonds is 6. The summed E-state index contributed by atoms with van der Waals surface area (Å²) in [5.74, 6) is -1.88. The van der Waals surface area contributed by atoms with Crippen molar-refractivity contribution in [2.24, 2.45) is 0 Å². The molecule has 7 nitrogen and oxygen atoms in total. The lowest BCUT2D eigenvalue weighted by Gasteiger charge is -2.44. The van der Waals surface area contributed by atoms with Crippen molar-refractivity contribution in [2.75, 3.05) is 13.7 Å². The lowest BCUT2D eigenvalue weighted by atomic mass is 9.84. The third kappa shape index (κ3) is 3.35. The fourth-order valence-corrected chi connectivity index (χ4v) is 4.74. The molecular formula is C20H21NO6S. The first-order valence-electron chi connectivity index (χ1n) is 8.76. The van der Waals surface area contributed by atoms with Gasteiger partial charge in [-0.3, -0.25) is 4.79 Å². The maximum Gasteiger partial charge on any atom is 0.331 e. The van der Waals surface area contributed by atoms with Crippen LogP contribution in [-0.4, -0.2) is 44.4 Å². The Morgan fingerprint density at radius 2 is 1.82 bits per heavy atom. The molecule has 1 amide bonds. The number of β-lactam (4-membered cyclic amide) rings is 1. The van der Waals surface area contributed by atoms with Crippen LogP contribution in [0.2, 0.25) is 0 Å². The van der Waals surface area contributed by atoms with Gasteiger partial charge in [0.05, 0.1) is 24.5 Å². The maximum atomic E-state index is 13.0. The average Bonchev–Trinajstić information content (AvgIpc) is 2.66. The Morgan fingerprint density at radius 1 is 1.14 bits per heavy atom. The molecule has 2 aromatic rings. The lowest BCUT2D eigenvalue weighted by Crippen LogP contribution is -2.64. The van der Waals surface area contributed by atoms with Crippen LogP contribution in [0.15, 0.2) is 53.4 Å². The van der Waals surface area contributed by atoms with Gasteiger partial charge in [-0.05, 0) is 43.7 Å². The molecule has 0 N–H and O–H groups in total. The summed E-state index contributed by atoms with van der Waals surface area (Å²) >= 11 is 0. The first-order valence-corrected chi connectivity index (χ1v) is 10.2. The van der Waals surface area contributed by atoms with Gasteiger partial charge < -0.3 is 9.47 Å². The van der Waals surface area contributed by atoms with Gasteiger partial charge in [0, 0.05) is 0 Å². The molecule has 1 aliphatic rings. The molecule has 3 rings (SSSR count). The number of hydrogen-bond acceptors (Lipinski definition) is 6. The molecular weight excluding hydrogens is 382 g/mol.